The second kappa shape index (κ2) is 3.99. The van der Waals surface area contributed by atoms with E-state index in [9.17, 15) is 4.79 Å². The van der Waals surface area contributed by atoms with Crippen LogP contribution in [0.5, 0.6) is 0 Å². The maximum absolute atomic E-state index is 10.9. The highest BCUT2D eigenvalue weighted by Crippen LogP contribution is 2.49. The van der Waals surface area contributed by atoms with E-state index in [4.69, 9.17) is 6.11 Å². The third-order valence-electron chi connectivity index (χ3n) is 3.75. The molecule has 0 saturated heterocycles. The minimum atomic E-state index is -0.426. The maximum Gasteiger partial charge on any atom is 0.307 e. The molecule has 0 aromatic rings. The quantitative estimate of drug-likeness (QED) is 0.618. The highest BCUT2D eigenvalue weighted by atomic mass is 16.5. The predicted molar refractivity (Wildman–Crippen MR) is 59.1 cm³/mol. The van der Waals surface area contributed by atoms with E-state index in [0.29, 0.717) is 12.2 Å². The second-order valence-corrected chi connectivity index (χ2v) is 5.02. The van der Waals surface area contributed by atoms with Crippen molar-refractivity contribution in [2.45, 2.75) is 52.4 Å². The predicted octanol–water partition coefficient (Wildman–Crippen LogP) is 3.42. The molecular weight excluding hydrogens is 188 g/mol. The number of fused-ring (bicyclic) bond motifs is 1. The van der Waals surface area contributed by atoms with Gasteiger partial charge in [0.05, 0.1) is 0 Å². The lowest BCUT2D eigenvalue weighted by molar-refractivity contribution is -0.137. The average Bonchev–Trinajstić information content (AvgIpc) is 2.18. The molecule has 0 spiro atoms. The molecule has 15 heavy (non-hydrogen) atoms. The molecule has 1 fully saturated rings. The van der Waals surface area contributed by atoms with Crippen molar-refractivity contribution in [3.05, 3.63) is 11.8 Å². The first kappa shape index (κ1) is 9.44. The number of hydrogen-bond acceptors (Lipinski definition) is 2. The fourth-order valence-corrected chi connectivity index (χ4v) is 2.76. The Hall–Kier alpha value is -0.790. The molecule has 2 aliphatic carbocycles. The van der Waals surface area contributed by atoms with Crippen LogP contribution in [0.1, 0.15) is 53.7 Å². The molecule has 0 bridgehead atoms. The third kappa shape index (κ3) is 2.24. The molecular formula is C13H20O2. The molecule has 2 rings (SSSR count). The van der Waals surface area contributed by atoms with E-state index in [-0.39, 0.29) is 11.4 Å². The molecule has 0 unspecified atom stereocenters. The van der Waals surface area contributed by atoms with Crippen LogP contribution in [0.25, 0.3) is 0 Å². The van der Waals surface area contributed by atoms with Gasteiger partial charge in [-0.15, -0.1) is 0 Å². The molecule has 2 aliphatic rings. The van der Waals surface area contributed by atoms with Crippen LogP contribution in [0.2, 0.25) is 0 Å². The van der Waals surface area contributed by atoms with Gasteiger partial charge in [0, 0.05) is 14.7 Å². The molecule has 0 amide bonds. The summed E-state index contributed by atoms with van der Waals surface area (Å²) in [5.41, 5.74) is 0.0783. The number of rotatable bonds is 1. The smallest absolute Gasteiger partial charge is 0.307 e. The zero-order valence-electron chi connectivity index (χ0n) is 10.6. The molecule has 0 aromatic heterocycles. The van der Waals surface area contributed by atoms with E-state index in [1.165, 1.54) is 13.3 Å². The van der Waals surface area contributed by atoms with Crippen molar-refractivity contribution in [1.82, 2.24) is 0 Å². The molecule has 0 heterocycles. The van der Waals surface area contributed by atoms with Crippen molar-refractivity contribution in [2.75, 3.05) is 0 Å². The highest BCUT2D eigenvalue weighted by Gasteiger charge is 2.38. The minimum Gasteiger partial charge on any atom is -0.432 e. The molecule has 0 aromatic carbocycles. The number of hydrogen-bond donors (Lipinski definition) is 0. The summed E-state index contributed by atoms with van der Waals surface area (Å²) in [6, 6.07) is 0. The van der Waals surface area contributed by atoms with Gasteiger partial charge in [0.1, 0.15) is 5.76 Å². The van der Waals surface area contributed by atoms with Crippen LogP contribution >= 0.6 is 0 Å². The normalized spacial score (nSPS) is 41.2. The number of esters is 1. The number of allylic oxidation sites excluding steroid dienone is 2. The summed E-state index contributed by atoms with van der Waals surface area (Å²) < 4.78 is 13.8. The van der Waals surface area contributed by atoms with Gasteiger partial charge < -0.3 is 4.74 Å². The van der Waals surface area contributed by atoms with Crippen LogP contribution < -0.4 is 0 Å². The van der Waals surface area contributed by atoms with Crippen LogP contribution in [0, 0.1) is 11.3 Å². The minimum absolute atomic E-state index is 0.0783. The van der Waals surface area contributed by atoms with E-state index < -0.39 is 5.89 Å². The summed E-state index contributed by atoms with van der Waals surface area (Å²) >= 11 is 0. The van der Waals surface area contributed by atoms with Gasteiger partial charge in [0.25, 0.3) is 0 Å². The van der Waals surface area contributed by atoms with Gasteiger partial charge in [-0.25, -0.2) is 0 Å². The Kier molecular flexibility index (Phi) is 2.51. The van der Waals surface area contributed by atoms with E-state index in [1.54, 1.807) is 0 Å². The SMILES string of the molecule is [2H][C@@]12CCCC[C@]1(C)CC=C(OC(C)=O)C2. The van der Waals surface area contributed by atoms with Crippen molar-refractivity contribution >= 4 is 5.97 Å². The summed E-state index contributed by atoms with van der Waals surface area (Å²) in [6.45, 7) is 3.63. The summed E-state index contributed by atoms with van der Waals surface area (Å²) in [4.78, 5) is 10.9. The van der Waals surface area contributed by atoms with Crippen LogP contribution in [-0.4, -0.2) is 5.97 Å². The lowest BCUT2D eigenvalue weighted by atomic mass is 9.62. The van der Waals surface area contributed by atoms with Crippen LogP contribution in [0.3, 0.4) is 0 Å². The van der Waals surface area contributed by atoms with Crippen molar-refractivity contribution in [1.29, 1.82) is 0 Å². The molecule has 1 saturated carbocycles. The Morgan fingerprint density at radius 3 is 3.20 bits per heavy atom. The number of carbonyl (C=O) groups excluding carboxylic acids is 1. The van der Waals surface area contributed by atoms with Gasteiger partial charge in [-0.2, -0.15) is 0 Å². The summed E-state index contributed by atoms with van der Waals surface area (Å²) in [6.07, 6.45) is 7.91. The first-order valence-corrected chi connectivity index (χ1v) is 5.83. The molecule has 0 N–H and O–H groups in total. The van der Waals surface area contributed by atoms with Crippen molar-refractivity contribution in [3.8, 4) is 0 Å². The van der Waals surface area contributed by atoms with Gasteiger partial charge >= 0.3 is 5.97 Å². The fourth-order valence-electron chi connectivity index (χ4n) is 2.76. The largest absolute Gasteiger partial charge is 0.432 e. The van der Waals surface area contributed by atoms with Crippen LogP contribution in [-0.2, 0) is 9.53 Å². The van der Waals surface area contributed by atoms with E-state index in [1.807, 2.05) is 6.08 Å². The molecule has 2 heteroatoms. The molecule has 0 aliphatic heterocycles. The van der Waals surface area contributed by atoms with Gasteiger partial charge in [-0.1, -0.05) is 19.8 Å². The van der Waals surface area contributed by atoms with Crippen molar-refractivity contribution in [3.63, 3.8) is 0 Å². The van der Waals surface area contributed by atoms with Gasteiger partial charge in [0.15, 0.2) is 0 Å². The van der Waals surface area contributed by atoms with Gasteiger partial charge in [0.2, 0.25) is 0 Å². The van der Waals surface area contributed by atoms with E-state index in [2.05, 4.69) is 6.92 Å². The summed E-state index contributed by atoms with van der Waals surface area (Å²) in [7, 11) is 0. The monoisotopic (exact) mass is 209 g/mol. The summed E-state index contributed by atoms with van der Waals surface area (Å²) in [5.74, 6) is 0.0151. The van der Waals surface area contributed by atoms with Gasteiger partial charge in [-0.05, 0) is 36.6 Å². The zero-order chi connectivity index (χ0) is 11.8. The Morgan fingerprint density at radius 1 is 1.67 bits per heavy atom. The lowest BCUT2D eigenvalue weighted by Crippen LogP contribution is -2.33. The van der Waals surface area contributed by atoms with Crippen molar-refractivity contribution < 1.29 is 10.9 Å². The maximum atomic E-state index is 10.9. The van der Waals surface area contributed by atoms with Gasteiger partial charge in [-0.3, -0.25) is 4.79 Å². The fraction of sp³-hybridized carbons (Fsp3) is 0.769. The summed E-state index contributed by atoms with van der Waals surface area (Å²) in [5, 5.41) is 0. The topological polar surface area (TPSA) is 26.3 Å². The molecule has 2 atom stereocenters. The van der Waals surface area contributed by atoms with Crippen molar-refractivity contribution in [2.24, 2.45) is 11.3 Å². The van der Waals surface area contributed by atoms with Crippen LogP contribution in [0.4, 0.5) is 0 Å². The number of carbonyl (C=O) groups is 1. The highest BCUT2D eigenvalue weighted by molar-refractivity contribution is 5.67. The Balaban J connectivity index is 2.18. The molecule has 0 radical (unpaired) electrons. The Bertz CT molecular complexity index is 337. The standard InChI is InChI=1S/C13H20O2/c1-10(14)15-12-6-8-13(2)7-4-3-5-11(13)9-12/h6,11H,3-5,7-9H2,1-2H3/t11-,13+/m0/s1/i11D. The zero-order valence-corrected chi connectivity index (χ0v) is 9.64. The lowest BCUT2D eigenvalue weighted by Gasteiger charge is -2.44. The van der Waals surface area contributed by atoms with E-state index in [0.717, 1.165) is 25.7 Å². The Labute approximate surface area is 93.1 Å². The third-order valence-corrected chi connectivity index (χ3v) is 3.75. The Morgan fingerprint density at radius 2 is 2.47 bits per heavy atom. The van der Waals surface area contributed by atoms with Crippen LogP contribution in [0.15, 0.2) is 11.8 Å². The molecule has 2 nitrogen and oxygen atoms in total. The second-order valence-electron chi connectivity index (χ2n) is 5.02. The molecule has 84 valence electrons. The first-order chi connectivity index (χ1) is 7.45. The van der Waals surface area contributed by atoms with E-state index >= 15 is 0 Å². The first-order valence-electron chi connectivity index (χ1n) is 6.33. The average molecular weight is 209 g/mol. The number of ether oxygens (including phenoxy) is 1.